The van der Waals surface area contributed by atoms with Crippen LogP contribution in [0.2, 0.25) is 0 Å². The van der Waals surface area contributed by atoms with Crippen molar-refractivity contribution in [2.45, 2.75) is 6.54 Å². The van der Waals surface area contributed by atoms with E-state index in [1.54, 1.807) is 24.3 Å². The minimum atomic E-state index is -0.736. The first-order valence-corrected chi connectivity index (χ1v) is 6.44. The van der Waals surface area contributed by atoms with Gasteiger partial charge in [0.1, 0.15) is 23.9 Å². The molecule has 0 fully saturated rings. The molecule has 1 aliphatic rings. The van der Waals surface area contributed by atoms with Crippen LogP contribution in [0.5, 0.6) is 0 Å². The molecule has 4 nitrogen and oxygen atoms in total. The number of carbonyl (C=O) groups is 1. The molecule has 3 N–H and O–H groups in total. The molecule has 0 aromatic heterocycles. The van der Waals surface area contributed by atoms with E-state index in [1.807, 2.05) is 0 Å². The second kappa shape index (κ2) is 5.14. The summed E-state index contributed by atoms with van der Waals surface area (Å²) in [7, 11) is 0. The predicted octanol–water partition coefficient (Wildman–Crippen LogP) is 2.51. The van der Waals surface area contributed by atoms with E-state index in [0.29, 0.717) is 16.9 Å². The molecule has 0 saturated heterocycles. The molecule has 6 heteroatoms. The number of fused-ring (bicyclic) bond motifs is 1. The highest BCUT2D eigenvalue weighted by atomic mass is 19.1. The Balaban J connectivity index is 2.15. The van der Waals surface area contributed by atoms with E-state index >= 15 is 0 Å². The molecule has 108 valence electrons. The van der Waals surface area contributed by atoms with Gasteiger partial charge in [-0.05, 0) is 29.8 Å². The Bertz CT molecular complexity index is 695. The predicted molar refractivity (Wildman–Crippen MR) is 76.3 cm³/mol. The second-order valence-electron chi connectivity index (χ2n) is 4.76. The lowest BCUT2D eigenvalue weighted by molar-refractivity contribution is -0.115. The normalized spacial score (nSPS) is 13.9. The number of anilines is 3. The Morgan fingerprint density at radius 1 is 1.19 bits per heavy atom. The quantitative estimate of drug-likeness (QED) is 0.893. The van der Waals surface area contributed by atoms with Crippen molar-refractivity contribution in [2.75, 3.05) is 16.8 Å². The summed E-state index contributed by atoms with van der Waals surface area (Å²) in [5, 5.41) is 2.68. The third-order valence-corrected chi connectivity index (χ3v) is 3.35. The van der Waals surface area contributed by atoms with Crippen LogP contribution in [-0.4, -0.2) is 12.5 Å². The van der Waals surface area contributed by atoms with Crippen LogP contribution in [0.15, 0.2) is 36.4 Å². The number of hydrogen-bond donors (Lipinski definition) is 2. The van der Waals surface area contributed by atoms with Crippen LogP contribution in [0.4, 0.5) is 25.8 Å². The number of halogens is 2. The summed E-state index contributed by atoms with van der Waals surface area (Å²) in [6, 6.07) is 9.25. The number of benzene rings is 2. The molecule has 1 aliphatic heterocycles. The molecule has 0 saturated carbocycles. The van der Waals surface area contributed by atoms with Crippen LogP contribution in [-0.2, 0) is 11.3 Å². The van der Waals surface area contributed by atoms with E-state index in [0.717, 1.165) is 0 Å². The standard InChI is InChI=1S/C15H13F2N3O/c16-10-5-9(7-18)6-11(17)15(10)20-8-14(21)19-12-3-1-2-4-13(12)20/h1-6H,7-8,18H2,(H,19,21). The summed E-state index contributed by atoms with van der Waals surface area (Å²) in [5.74, 6) is -1.80. The van der Waals surface area contributed by atoms with Crippen molar-refractivity contribution >= 4 is 23.0 Å². The highest BCUT2D eigenvalue weighted by Crippen LogP contribution is 2.37. The highest BCUT2D eigenvalue weighted by molar-refractivity contribution is 6.03. The number of nitrogens with two attached hydrogens (primary N) is 1. The van der Waals surface area contributed by atoms with Crippen LogP contribution < -0.4 is 16.0 Å². The van der Waals surface area contributed by atoms with Crippen LogP contribution >= 0.6 is 0 Å². The lowest BCUT2D eigenvalue weighted by atomic mass is 10.1. The average molecular weight is 289 g/mol. The summed E-state index contributed by atoms with van der Waals surface area (Å²) >= 11 is 0. The molecule has 21 heavy (non-hydrogen) atoms. The number of nitrogens with zero attached hydrogens (tertiary/aromatic N) is 1. The summed E-state index contributed by atoms with van der Waals surface area (Å²) in [5.41, 5.74) is 6.60. The molecule has 1 heterocycles. The number of nitrogens with one attached hydrogen (secondary N) is 1. The van der Waals surface area contributed by atoms with Crippen molar-refractivity contribution in [3.05, 3.63) is 53.6 Å². The molecule has 0 atom stereocenters. The molecule has 0 spiro atoms. The first-order chi connectivity index (χ1) is 10.1. The average Bonchev–Trinajstić information content (AvgIpc) is 2.46. The summed E-state index contributed by atoms with van der Waals surface area (Å²) in [6.07, 6.45) is 0. The van der Waals surface area contributed by atoms with E-state index < -0.39 is 11.6 Å². The van der Waals surface area contributed by atoms with Crippen LogP contribution in [0.3, 0.4) is 0 Å². The molecule has 0 radical (unpaired) electrons. The van der Waals surface area contributed by atoms with Crippen molar-refractivity contribution in [3.8, 4) is 0 Å². The minimum absolute atomic E-state index is 0.0468. The first kappa shape index (κ1) is 13.5. The Labute approximate surface area is 120 Å². The van der Waals surface area contributed by atoms with Gasteiger partial charge in [-0.25, -0.2) is 8.78 Å². The Morgan fingerprint density at radius 3 is 2.52 bits per heavy atom. The second-order valence-corrected chi connectivity index (χ2v) is 4.76. The van der Waals surface area contributed by atoms with Gasteiger partial charge in [0.25, 0.3) is 0 Å². The van der Waals surface area contributed by atoms with E-state index in [-0.39, 0.29) is 24.7 Å². The third-order valence-electron chi connectivity index (χ3n) is 3.35. The fourth-order valence-electron chi connectivity index (χ4n) is 2.43. The minimum Gasteiger partial charge on any atom is -0.326 e. The van der Waals surface area contributed by atoms with Crippen molar-refractivity contribution in [1.82, 2.24) is 0 Å². The summed E-state index contributed by atoms with van der Waals surface area (Å²) in [4.78, 5) is 13.1. The number of rotatable bonds is 2. The molecular formula is C15H13F2N3O. The molecule has 0 unspecified atom stereocenters. The van der Waals surface area contributed by atoms with Gasteiger partial charge in [-0.2, -0.15) is 0 Å². The van der Waals surface area contributed by atoms with E-state index in [2.05, 4.69) is 5.32 Å². The number of amides is 1. The number of carbonyl (C=O) groups excluding carboxylic acids is 1. The van der Waals surface area contributed by atoms with E-state index in [9.17, 15) is 13.6 Å². The maximum Gasteiger partial charge on any atom is 0.244 e. The van der Waals surface area contributed by atoms with Gasteiger partial charge in [0.05, 0.1) is 11.4 Å². The van der Waals surface area contributed by atoms with Gasteiger partial charge in [0.15, 0.2) is 0 Å². The number of hydrogen-bond acceptors (Lipinski definition) is 3. The largest absolute Gasteiger partial charge is 0.326 e. The highest BCUT2D eigenvalue weighted by Gasteiger charge is 2.27. The van der Waals surface area contributed by atoms with Crippen molar-refractivity contribution < 1.29 is 13.6 Å². The molecule has 1 amide bonds. The van der Waals surface area contributed by atoms with Gasteiger partial charge in [-0.15, -0.1) is 0 Å². The van der Waals surface area contributed by atoms with Crippen LogP contribution in [0.1, 0.15) is 5.56 Å². The van der Waals surface area contributed by atoms with Crippen LogP contribution in [0, 0.1) is 11.6 Å². The van der Waals surface area contributed by atoms with Gasteiger partial charge in [0, 0.05) is 6.54 Å². The zero-order valence-electron chi connectivity index (χ0n) is 11.1. The van der Waals surface area contributed by atoms with Gasteiger partial charge < -0.3 is 16.0 Å². The fourth-order valence-corrected chi connectivity index (χ4v) is 2.43. The third kappa shape index (κ3) is 2.34. The van der Waals surface area contributed by atoms with Gasteiger partial charge >= 0.3 is 0 Å². The fraction of sp³-hybridized carbons (Fsp3) is 0.133. The van der Waals surface area contributed by atoms with Gasteiger partial charge in [-0.3, -0.25) is 4.79 Å². The summed E-state index contributed by atoms with van der Waals surface area (Å²) in [6.45, 7) is -0.0992. The van der Waals surface area contributed by atoms with Crippen molar-refractivity contribution in [2.24, 2.45) is 5.73 Å². The Kier molecular flexibility index (Phi) is 3.31. The molecule has 2 aromatic rings. The Hall–Kier alpha value is -2.47. The van der Waals surface area contributed by atoms with E-state index in [1.165, 1.54) is 17.0 Å². The Morgan fingerprint density at radius 2 is 1.86 bits per heavy atom. The smallest absolute Gasteiger partial charge is 0.244 e. The van der Waals surface area contributed by atoms with E-state index in [4.69, 9.17) is 5.73 Å². The maximum atomic E-state index is 14.2. The lowest BCUT2D eigenvalue weighted by Gasteiger charge is -2.31. The molecule has 0 bridgehead atoms. The molecule has 0 aliphatic carbocycles. The van der Waals surface area contributed by atoms with Crippen molar-refractivity contribution in [1.29, 1.82) is 0 Å². The SMILES string of the molecule is NCc1cc(F)c(N2CC(=O)Nc3ccccc32)c(F)c1. The van der Waals surface area contributed by atoms with Gasteiger partial charge in [0.2, 0.25) is 5.91 Å². The van der Waals surface area contributed by atoms with Crippen molar-refractivity contribution in [3.63, 3.8) is 0 Å². The molecular weight excluding hydrogens is 276 g/mol. The molecule has 3 rings (SSSR count). The topological polar surface area (TPSA) is 58.4 Å². The monoisotopic (exact) mass is 289 g/mol. The van der Waals surface area contributed by atoms with Crippen LogP contribution in [0.25, 0.3) is 0 Å². The zero-order chi connectivity index (χ0) is 15.0. The summed E-state index contributed by atoms with van der Waals surface area (Å²) < 4.78 is 28.5. The lowest BCUT2D eigenvalue weighted by Crippen LogP contribution is -2.36. The van der Waals surface area contributed by atoms with Gasteiger partial charge in [-0.1, -0.05) is 12.1 Å². The molecule has 2 aromatic carbocycles. The zero-order valence-corrected chi connectivity index (χ0v) is 11.1. The number of para-hydroxylation sites is 2. The maximum absolute atomic E-state index is 14.2. The first-order valence-electron chi connectivity index (χ1n) is 6.44.